The molecule has 0 bridgehead atoms. The van der Waals surface area contributed by atoms with E-state index in [9.17, 15) is 4.79 Å². The summed E-state index contributed by atoms with van der Waals surface area (Å²) in [5.41, 5.74) is 1.40. The number of nitrogens with zero attached hydrogens (tertiary/aromatic N) is 1. The summed E-state index contributed by atoms with van der Waals surface area (Å²) in [6, 6.07) is 0.150. The number of amides is 1. The highest BCUT2D eigenvalue weighted by atomic mass is 16.5. The molecule has 1 atom stereocenters. The van der Waals surface area contributed by atoms with E-state index in [2.05, 4.69) is 15.5 Å². The Morgan fingerprint density at radius 1 is 1.79 bits per heavy atom. The van der Waals surface area contributed by atoms with E-state index in [4.69, 9.17) is 4.74 Å². The lowest BCUT2D eigenvalue weighted by molar-refractivity contribution is 0.0929. The molecule has 1 aliphatic heterocycles. The third-order valence-corrected chi connectivity index (χ3v) is 2.34. The fraction of sp³-hybridized carbons (Fsp3) is 0.556. The van der Waals surface area contributed by atoms with Crippen LogP contribution in [0.1, 0.15) is 22.5 Å². The van der Waals surface area contributed by atoms with Crippen molar-refractivity contribution in [1.29, 1.82) is 0 Å². The molecule has 14 heavy (non-hydrogen) atoms. The first-order chi connectivity index (χ1) is 6.77. The topological polar surface area (TPSA) is 67.0 Å². The third-order valence-electron chi connectivity index (χ3n) is 2.34. The lowest BCUT2D eigenvalue weighted by Gasteiger charge is -2.09. The summed E-state index contributed by atoms with van der Waals surface area (Å²) in [6.07, 6.45) is 2.43. The molecule has 1 aromatic heterocycles. The SMILES string of the molecule is Cc1[nH]ncc1C(=O)NC1CCOC1. The van der Waals surface area contributed by atoms with Gasteiger partial charge >= 0.3 is 0 Å². The summed E-state index contributed by atoms with van der Waals surface area (Å²) in [6.45, 7) is 3.17. The van der Waals surface area contributed by atoms with Crippen LogP contribution < -0.4 is 5.32 Å². The van der Waals surface area contributed by atoms with Gasteiger partial charge in [0.2, 0.25) is 0 Å². The van der Waals surface area contributed by atoms with Crippen LogP contribution in [0, 0.1) is 6.92 Å². The minimum Gasteiger partial charge on any atom is -0.379 e. The summed E-state index contributed by atoms with van der Waals surface area (Å²) in [5.74, 6) is -0.0771. The van der Waals surface area contributed by atoms with Crippen LogP contribution in [0.5, 0.6) is 0 Å². The van der Waals surface area contributed by atoms with Crippen molar-refractivity contribution < 1.29 is 9.53 Å². The first kappa shape index (κ1) is 9.21. The van der Waals surface area contributed by atoms with E-state index >= 15 is 0 Å². The number of carbonyl (C=O) groups is 1. The van der Waals surface area contributed by atoms with Crippen LogP contribution >= 0.6 is 0 Å². The number of carbonyl (C=O) groups excluding carboxylic acids is 1. The van der Waals surface area contributed by atoms with Crippen LogP contribution in [0.2, 0.25) is 0 Å². The standard InChI is InChI=1S/C9H13N3O2/c1-6-8(4-10-12-6)9(13)11-7-2-3-14-5-7/h4,7H,2-3,5H2,1H3,(H,10,12)(H,11,13). The molecule has 0 spiro atoms. The van der Waals surface area contributed by atoms with Gasteiger partial charge in [-0.1, -0.05) is 0 Å². The molecular weight excluding hydrogens is 182 g/mol. The molecule has 0 aromatic carbocycles. The molecule has 2 heterocycles. The molecule has 1 aliphatic rings. The first-order valence-corrected chi connectivity index (χ1v) is 4.66. The molecular formula is C9H13N3O2. The first-order valence-electron chi connectivity index (χ1n) is 4.66. The zero-order valence-electron chi connectivity index (χ0n) is 8.04. The number of aromatic nitrogens is 2. The van der Waals surface area contributed by atoms with E-state index in [1.807, 2.05) is 6.92 Å². The molecule has 1 unspecified atom stereocenters. The van der Waals surface area contributed by atoms with Crippen molar-refractivity contribution in [3.8, 4) is 0 Å². The average molecular weight is 195 g/mol. The highest BCUT2D eigenvalue weighted by Crippen LogP contribution is 2.07. The molecule has 1 fully saturated rings. The van der Waals surface area contributed by atoms with Gasteiger partial charge in [-0.2, -0.15) is 5.10 Å². The third kappa shape index (κ3) is 1.77. The molecule has 5 heteroatoms. The Balaban J connectivity index is 1.98. The van der Waals surface area contributed by atoms with Crippen LogP contribution in [0.3, 0.4) is 0 Å². The highest BCUT2D eigenvalue weighted by molar-refractivity contribution is 5.95. The van der Waals surface area contributed by atoms with Crippen LogP contribution in [0.25, 0.3) is 0 Å². The molecule has 0 aliphatic carbocycles. The maximum Gasteiger partial charge on any atom is 0.255 e. The summed E-state index contributed by atoms with van der Waals surface area (Å²) >= 11 is 0. The molecule has 1 amide bonds. The monoisotopic (exact) mass is 195 g/mol. The minimum atomic E-state index is -0.0771. The Bertz CT molecular complexity index is 329. The van der Waals surface area contributed by atoms with Gasteiger partial charge in [0, 0.05) is 12.3 Å². The Hall–Kier alpha value is -1.36. The number of ether oxygens (including phenoxy) is 1. The Labute approximate surface area is 81.8 Å². The Morgan fingerprint density at radius 2 is 2.64 bits per heavy atom. The Kier molecular flexibility index (Phi) is 2.49. The highest BCUT2D eigenvalue weighted by Gasteiger charge is 2.19. The largest absolute Gasteiger partial charge is 0.379 e. The average Bonchev–Trinajstić information content (AvgIpc) is 2.75. The van der Waals surface area contributed by atoms with E-state index in [0.29, 0.717) is 12.2 Å². The molecule has 0 radical (unpaired) electrons. The maximum atomic E-state index is 11.7. The van der Waals surface area contributed by atoms with Crippen molar-refractivity contribution in [2.24, 2.45) is 0 Å². The van der Waals surface area contributed by atoms with Crippen molar-refractivity contribution in [3.05, 3.63) is 17.5 Å². The number of H-pyrrole nitrogens is 1. The fourth-order valence-corrected chi connectivity index (χ4v) is 1.49. The van der Waals surface area contributed by atoms with Crippen molar-refractivity contribution in [2.45, 2.75) is 19.4 Å². The minimum absolute atomic E-state index is 0.0771. The fourth-order valence-electron chi connectivity index (χ4n) is 1.49. The van der Waals surface area contributed by atoms with Gasteiger partial charge in [0.1, 0.15) is 0 Å². The number of aromatic amines is 1. The van der Waals surface area contributed by atoms with Gasteiger partial charge in [-0.15, -0.1) is 0 Å². The molecule has 2 N–H and O–H groups in total. The molecule has 1 saturated heterocycles. The van der Waals surface area contributed by atoms with E-state index in [1.165, 1.54) is 0 Å². The zero-order valence-corrected chi connectivity index (χ0v) is 8.04. The van der Waals surface area contributed by atoms with Crippen LogP contribution in [0.4, 0.5) is 0 Å². The van der Waals surface area contributed by atoms with Gasteiger partial charge < -0.3 is 10.1 Å². The van der Waals surface area contributed by atoms with Gasteiger partial charge in [0.15, 0.2) is 0 Å². The number of hydrogen-bond acceptors (Lipinski definition) is 3. The van der Waals surface area contributed by atoms with E-state index in [0.717, 1.165) is 18.7 Å². The lowest BCUT2D eigenvalue weighted by Crippen LogP contribution is -2.35. The van der Waals surface area contributed by atoms with E-state index in [-0.39, 0.29) is 11.9 Å². The van der Waals surface area contributed by atoms with Gasteiger partial charge in [-0.05, 0) is 13.3 Å². The molecule has 2 rings (SSSR count). The summed E-state index contributed by atoms with van der Waals surface area (Å²) < 4.78 is 5.17. The second kappa shape index (κ2) is 3.79. The van der Waals surface area contributed by atoms with E-state index in [1.54, 1.807) is 6.20 Å². The normalized spacial score (nSPS) is 21.1. The smallest absolute Gasteiger partial charge is 0.255 e. The number of hydrogen-bond donors (Lipinski definition) is 2. The van der Waals surface area contributed by atoms with Crippen LogP contribution in [-0.4, -0.2) is 35.4 Å². The van der Waals surface area contributed by atoms with Crippen molar-refractivity contribution in [3.63, 3.8) is 0 Å². The number of nitrogens with one attached hydrogen (secondary N) is 2. The second-order valence-corrected chi connectivity index (χ2v) is 3.44. The van der Waals surface area contributed by atoms with Crippen LogP contribution in [-0.2, 0) is 4.74 Å². The van der Waals surface area contributed by atoms with Crippen molar-refractivity contribution in [2.75, 3.05) is 13.2 Å². The van der Waals surface area contributed by atoms with Gasteiger partial charge in [0.05, 0.1) is 24.4 Å². The number of aryl methyl sites for hydroxylation is 1. The van der Waals surface area contributed by atoms with Gasteiger partial charge in [-0.25, -0.2) is 0 Å². The van der Waals surface area contributed by atoms with Gasteiger partial charge in [0.25, 0.3) is 5.91 Å². The summed E-state index contributed by atoms with van der Waals surface area (Å²) in [7, 11) is 0. The Morgan fingerprint density at radius 3 is 3.21 bits per heavy atom. The van der Waals surface area contributed by atoms with Crippen LogP contribution in [0.15, 0.2) is 6.20 Å². The van der Waals surface area contributed by atoms with Crippen molar-refractivity contribution in [1.82, 2.24) is 15.5 Å². The molecule has 1 aromatic rings. The molecule has 76 valence electrons. The molecule has 0 saturated carbocycles. The second-order valence-electron chi connectivity index (χ2n) is 3.44. The summed E-state index contributed by atoms with van der Waals surface area (Å²) in [5, 5.41) is 9.43. The van der Waals surface area contributed by atoms with Crippen molar-refractivity contribution >= 4 is 5.91 Å². The van der Waals surface area contributed by atoms with E-state index < -0.39 is 0 Å². The predicted molar refractivity (Wildman–Crippen MR) is 50.0 cm³/mol. The zero-order chi connectivity index (χ0) is 9.97. The van der Waals surface area contributed by atoms with Gasteiger partial charge in [-0.3, -0.25) is 9.89 Å². The quantitative estimate of drug-likeness (QED) is 0.710. The number of rotatable bonds is 2. The maximum absolute atomic E-state index is 11.7. The summed E-state index contributed by atoms with van der Waals surface area (Å²) in [4.78, 5) is 11.7. The molecule has 5 nitrogen and oxygen atoms in total. The predicted octanol–water partition coefficient (Wildman–Crippen LogP) is 0.237. The lowest BCUT2D eigenvalue weighted by atomic mass is 10.2.